The molecule has 2 rings (SSSR count). The summed E-state index contributed by atoms with van der Waals surface area (Å²) in [7, 11) is 0. The number of hydrogen-bond acceptors (Lipinski definition) is 4. The molecule has 0 aliphatic carbocycles. The zero-order valence-electron chi connectivity index (χ0n) is 16.2. The monoisotopic (exact) mass is 370 g/mol. The minimum absolute atomic E-state index is 0.231. The van der Waals surface area contributed by atoms with Crippen LogP contribution in [0.1, 0.15) is 36.7 Å². The first-order chi connectivity index (χ1) is 12.6. The molecule has 0 saturated heterocycles. The Morgan fingerprint density at radius 1 is 1.04 bits per heavy atom. The number of nitrogens with one attached hydrogen (secondary N) is 1. The molecule has 6 nitrogen and oxygen atoms in total. The highest BCUT2D eigenvalue weighted by molar-refractivity contribution is 5.94. The highest BCUT2D eigenvalue weighted by atomic mass is 16.6. The van der Waals surface area contributed by atoms with Gasteiger partial charge < -0.3 is 20.5 Å². The Bertz CT molecular complexity index is 808. The van der Waals surface area contributed by atoms with Gasteiger partial charge in [0, 0.05) is 5.56 Å². The number of alkyl carbamates (subject to hydrolysis) is 1. The molecule has 0 saturated carbocycles. The smallest absolute Gasteiger partial charge is 0.407 e. The van der Waals surface area contributed by atoms with Gasteiger partial charge in [-0.15, -0.1) is 0 Å². The van der Waals surface area contributed by atoms with Gasteiger partial charge >= 0.3 is 6.09 Å². The summed E-state index contributed by atoms with van der Waals surface area (Å²) in [6.07, 6.45) is -0.502. The van der Waals surface area contributed by atoms with Gasteiger partial charge in [-0.2, -0.15) is 0 Å². The number of hydrogen-bond donors (Lipinski definition) is 2. The molecule has 0 bridgehead atoms. The lowest BCUT2D eigenvalue weighted by Gasteiger charge is -2.19. The van der Waals surface area contributed by atoms with Crippen LogP contribution in [0, 0.1) is 6.92 Å². The highest BCUT2D eigenvalue weighted by Gasteiger charge is 2.15. The van der Waals surface area contributed by atoms with E-state index in [9.17, 15) is 9.59 Å². The van der Waals surface area contributed by atoms with Crippen LogP contribution in [0.4, 0.5) is 4.79 Å². The van der Waals surface area contributed by atoms with E-state index in [1.165, 1.54) is 0 Å². The van der Waals surface area contributed by atoms with Crippen LogP contribution in [-0.4, -0.2) is 30.8 Å². The van der Waals surface area contributed by atoms with E-state index in [-0.39, 0.29) is 13.2 Å². The molecule has 0 unspecified atom stereocenters. The fourth-order valence-corrected chi connectivity index (χ4v) is 2.37. The van der Waals surface area contributed by atoms with Gasteiger partial charge in [0.05, 0.1) is 6.54 Å². The van der Waals surface area contributed by atoms with Gasteiger partial charge in [0.15, 0.2) is 0 Å². The van der Waals surface area contributed by atoms with Crippen LogP contribution in [0.5, 0.6) is 5.75 Å². The summed E-state index contributed by atoms with van der Waals surface area (Å²) >= 11 is 0. The number of aryl methyl sites for hydroxylation is 1. The molecule has 0 fully saturated rings. The van der Waals surface area contributed by atoms with Crippen LogP contribution in [0.25, 0.3) is 11.1 Å². The number of nitrogens with two attached hydrogens (primary N) is 1. The third-order valence-corrected chi connectivity index (χ3v) is 3.61. The average Bonchev–Trinajstić information content (AvgIpc) is 2.57. The van der Waals surface area contributed by atoms with Crippen LogP contribution in [-0.2, 0) is 4.74 Å². The molecule has 6 heteroatoms. The number of amides is 2. The fraction of sp³-hybridized carbons (Fsp3) is 0.333. The van der Waals surface area contributed by atoms with E-state index in [1.807, 2.05) is 37.3 Å². The molecule has 0 aliphatic heterocycles. The normalized spacial score (nSPS) is 11.0. The summed E-state index contributed by atoms with van der Waals surface area (Å²) in [6, 6.07) is 13.1. The number of ether oxygens (including phenoxy) is 2. The SMILES string of the molecule is Cc1ccc(-c2cc(OCCNC(=O)OC(C)(C)C)cc(C(N)=O)c2)cc1. The lowest BCUT2D eigenvalue weighted by molar-refractivity contribution is 0.0520. The molecule has 0 heterocycles. The number of carbonyl (C=O) groups excluding carboxylic acids is 2. The van der Waals surface area contributed by atoms with E-state index in [4.69, 9.17) is 15.2 Å². The number of rotatable bonds is 6. The van der Waals surface area contributed by atoms with E-state index in [2.05, 4.69) is 5.32 Å². The summed E-state index contributed by atoms with van der Waals surface area (Å²) in [5.41, 5.74) is 8.19. The Kier molecular flexibility index (Phi) is 6.45. The largest absolute Gasteiger partial charge is 0.492 e. The molecule has 144 valence electrons. The molecule has 0 aliphatic rings. The Balaban J connectivity index is 2.04. The lowest BCUT2D eigenvalue weighted by Crippen LogP contribution is -2.34. The average molecular weight is 370 g/mol. The zero-order chi connectivity index (χ0) is 20.0. The molecular weight excluding hydrogens is 344 g/mol. The zero-order valence-corrected chi connectivity index (χ0v) is 16.2. The van der Waals surface area contributed by atoms with Crippen molar-refractivity contribution in [2.24, 2.45) is 5.73 Å². The second kappa shape index (κ2) is 8.58. The molecule has 0 radical (unpaired) electrons. The van der Waals surface area contributed by atoms with E-state index >= 15 is 0 Å². The first-order valence-electron chi connectivity index (χ1n) is 8.75. The second-order valence-corrected chi connectivity index (χ2v) is 7.25. The minimum Gasteiger partial charge on any atom is -0.492 e. The molecule has 0 aromatic heterocycles. The van der Waals surface area contributed by atoms with Crippen LogP contribution >= 0.6 is 0 Å². The van der Waals surface area contributed by atoms with Crippen LogP contribution in [0.3, 0.4) is 0 Å². The molecule has 0 atom stereocenters. The summed E-state index contributed by atoms with van der Waals surface area (Å²) in [4.78, 5) is 23.3. The maximum Gasteiger partial charge on any atom is 0.407 e. The molecular formula is C21H26N2O4. The predicted molar refractivity (Wildman–Crippen MR) is 105 cm³/mol. The van der Waals surface area contributed by atoms with Gasteiger partial charge in [-0.05, 0) is 57.0 Å². The Morgan fingerprint density at radius 2 is 1.70 bits per heavy atom. The molecule has 2 aromatic rings. The highest BCUT2D eigenvalue weighted by Crippen LogP contribution is 2.26. The first kappa shape index (κ1) is 20.3. The van der Waals surface area contributed by atoms with Gasteiger partial charge in [-0.25, -0.2) is 4.79 Å². The molecule has 27 heavy (non-hydrogen) atoms. The van der Waals surface area contributed by atoms with Gasteiger partial charge in [0.1, 0.15) is 18.0 Å². The van der Waals surface area contributed by atoms with Crippen molar-refractivity contribution in [3.63, 3.8) is 0 Å². The third-order valence-electron chi connectivity index (χ3n) is 3.61. The standard InChI is InChI=1S/C21H26N2O4/c1-14-5-7-15(8-6-14)16-11-17(19(22)24)13-18(12-16)26-10-9-23-20(25)27-21(2,3)4/h5-8,11-13H,9-10H2,1-4H3,(H2,22,24)(H,23,25). The lowest BCUT2D eigenvalue weighted by atomic mass is 10.0. The summed E-state index contributed by atoms with van der Waals surface area (Å²) < 4.78 is 10.8. The van der Waals surface area contributed by atoms with Crippen LogP contribution in [0.15, 0.2) is 42.5 Å². The Hall–Kier alpha value is -3.02. The van der Waals surface area contributed by atoms with Gasteiger partial charge in [0.2, 0.25) is 5.91 Å². The topological polar surface area (TPSA) is 90.7 Å². The van der Waals surface area contributed by atoms with Crippen molar-refractivity contribution in [2.45, 2.75) is 33.3 Å². The molecule has 0 spiro atoms. The first-order valence-corrected chi connectivity index (χ1v) is 8.75. The second-order valence-electron chi connectivity index (χ2n) is 7.25. The van der Waals surface area contributed by atoms with Crippen molar-refractivity contribution < 1.29 is 19.1 Å². The number of benzene rings is 2. The minimum atomic E-state index is -0.552. The third kappa shape index (κ3) is 6.66. The molecule has 2 amide bonds. The number of carbonyl (C=O) groups is 2. The van der Waals surface area contributed by atoms with E-state index in [1.54, 1.807) is 32.9 Å². The van der Waals surface area contributed by atoms with Gasteiger partial charge in [-0.1, -0.05) is 29.8 Å². The van der Waals surface area contributed by atoms with Crippen molar-refractivity contribution in [1.82, 2.24) is 5.32 Å². The maximum absolute atomic E-state index is 11.6. The van der Waals surface area contributed by atoms with Crippen molar-refractivity contribution in [3.8, 4) is 16.9 Å². The number of primary amides is 1. The summed E-state index contributed by atoms with van der Waals surface area (Å²) in [5.74, 6) is -0.0199. The Labute approximate surface area is 159 Å². The maximum atomic E-state index is 11.6. The van der Waals surface area contributed by atoms with Gasteiger partial charge in [-0.3, -0.25) is 4.79 Å². The quantitative estimate of drug-likeness (QED) is 0.759. The molecule has 3 N–H and O–H groups in total. The van der Waals surface area contributed by atoms with Crippen LogP contribution < -0.4 is 15.8 Å². The Morgan fingerprint density at radius 3 is 2.30 bits per heavy atom. The van der Waals surface area contributed by atoms with Crippen molar-refractivity contribution in [3.05, 3.63) is 53.6 Å². The predicted octanol–water partition coefficient (Wildman–Crippen LogP) is 3.66. The van der Waals surface area contributed by atoms with Crippen molar-refractivity contribution in [1.29, 1.82) is 0 Å². The van der Waals surface area contributed by atoms with E-state index in [0.29, 0.717) is 11.3 Å². The molecule has 2 aromatic carbocycles. The van der Waals surface area contributed by atoms with E-state index < -0.39 is 17.6 Å². The van der Waals surface area contributed by atoms with Crippen molar-refractivity contribution in [2.75, 3.05) is 13.2 Å². The fourth-order valence-electron chi connectivity index (χ4n) is 2.37. The van der Waals surface area contributed by atoms with Crippen LogP contribution in [0.2, 0.25) is 0 Å². The van der Waals surface area contributed by atoms with Gasteiger partial charge in [0.25, 0.3) is 0 Å². The summed E-state index contributed by atoms with van der Waals surface area (Å²) in [6.45, 7) is 7.90. The van der Waals surface area contributed by atoms with Crippen molar-refractivity contribution >= 4 is 12.0 Å². The van der Waals surface area contributed by atoms with E-state index in [0.717, 1.165) is 16.7 Å². The summed E-state index contributed by atoms with van der Waals surface area (Å²) in [5, 5.41) is 2.62.